The van der Waals surface area contributed by atoms with Crippen LogP contribution in [-0.4, -0.2) is 24.6 Å². The normalized spacial score (nSPS) is 11.6. The standard InChI is InChI=1S/C13H18FN3O3/c1-3-16-13(19)17-12(18)8(2)20-11-5-4-10(14)6-9(11)7-15/h4-6,8H,3,7,15H2,1-2H3,(H2,16,17,18,19). The van der Waals surface area contributed by atoms with E-state index in [4.69, 9.17) is 10.5 Å². The van der Waals surface area contributed by atoms with Gasteiger partial charge in [-0.1, -0.05) is 0 Å². The third-order valence-corrected chi connectivity index (χ3v) is 2.49. The number of rotatable bonds is 5. The van der Waals surface area contributed by atoms with Gasteiger partial charge in [0.05, 0.1) is 0 Å². The number of halogens is 1. The molecule has 0 heterocycles. The van der Waals surface area contributed by atoms with Crippen molar-refractivity contribution in [2.75, 3.05) is 6.54 Å². The molecule has 110 valence electrons. The number of ether oxygens (including phenoxy) is 1. The molecule has 0 aliphatic carbocycles. The minimum atomic E-state index is -0.909. The van der Waals surface area contributed by atoms with Crippen LogP contribution in [0.3, 0.4) is 0 Å². The quantitative estimate of drug-likeness (QED) is 0.748. The second-order valence-electron chi connectivity index (χ2n) is 4.06. The topological polar surface area (TPSA) is 93.5 Å². The van der Waals surface area contributed by atoms with Crippen LogP contribution in [0.2, 0.25) is 0 Å². The lowest BCUT2D eigenvalue weighted by atomic mass is 10.2. The summed E-state index contributed by atoms with van der Waals surface area (Å²) in [5, 5.41) is 4.56. The molecule has 0 radical (unpaired) electrons. The minimum absolute atomic E-state index is 0.0811. The third-order valence-electron chi connectivity index (χ3n) is 2.49. The molecule has 3 amide bonds. The molecule has 0 saturated heterocycles. The largest absolute Gasteiger partial charge is 0.481 e. The van der Waals surface area contributed by atoms with Crippen molar-refractivity contribution in [3.63, 3.8) is 0 Å². The highest BCUT2D eigenvalue weighted by atomic mass is 19.1. The molecule has 0 aromatic heterocycles. The van der Waals surface area contributed by atoms with E-state index in [1.54, 1.807) is 6.92 Å². The first-order valence-electron chi connectivity index (χ1n) is 6.21. The summed E-state index contributed by atoms with van der Waals surface area (Å²) in [6, 6.07) is 3.26. The lowest BCUT2D eigenvalue weighted by molar-refractivity contribution is -0.126. The Morgan fingerprint density at radius 1 is 1.45 bits per heavy atom. The van der Waals surface area contributed by atoms with Crippen LogP contribution in [0.1, 0.15) is 19.4 Å². The molecule has 0 aliphatic heterocycles. The summed E-state index contributed by atoms with van der Waals surface area (Å²) in [4.78, 5) is 22.9. The predicted octanol–water partition coefficient (Wildman–Crippen LogP) is 0.897. The van der Waals surface area contributed by atoms with E-state index < -0.39 is 23.9 Å². The molecule has 0 fully saturated rings. The van der Waals surface area contributed by atoms with E-state index in [1.165, 1.54) is 25.1 Å². The Kier molecular flexibility index (Phi) is 5.92. The van der Waals surface area contributed by atoms with Crippen LogP contribution in [0, 0.1) is 5.82 Å². The van der Waals surface area contributed by atoms with Gasteiger partial charge in [-0.25, -0.2) is 9.18 Å². The van der Waals surface area contributed by atoms with Gasteiger partial charge in [-0.15, -0.1) is 0 Å². The maximum absolute atomic E-state index is 13.0. The number of carbonyl (C=O) groups excluding carboxylic acids is 2. The number of imide groups is 1. The van der Waals surface area contributed by atoms with Gasteiger partial charge in [0.2, 0.25) is 0 Å². The maximum Gasteiger partial charge on any atom is 0.321 e. The molecule has 1 rings (SSSR count). The van der Waals surface area contributed by atoms with Crippen molar-refractivity contribution in [3.8, 4) is 5.75 Å². The van der Waals surface area contributed by atoms with E-state index in [0.717, 1.165) is 0 Å². The molecular formula is C13H18FN3O3. The minimum Gasteiger partial charge on any atom is -0.481 e. The van der Waals surface area contributed by atoms with Crippen molar-refractivity contribution in [1.82, 2.24) is 10.6 Å². The zero-order valence-electron chi connectivity index (χ0n) is 11.4. The van der Waals surface area contributed by atoms with Crippen molar-refractivity contribution >= 4 is 11.9 Å². The number of hydrogen-bond donors (Lipinski definition) is 3. The van der Waals surface area contributed by atoms with Gasteiger partial charge in [0.1, 0.15) is 11.6 Å². The number of nitrogens with two attached hydrogens (primary N) is 1. The molecule has 1 aromatic carbocycles. The fourth-order valence-electron chi connectivity index (χ4n) is 1.48. The maximum atomic E-state index is 13.0. The lowest BCUT2D eigenvalue weighted by Gasteiger charge is -2.16. The van der Waals surface area contributed by atoms with Crippen molar-refractivity contribution in [2.45, 2.75) is 26.5 Å². The summed E-state index contributed by atoms with van der Waals surface area (Å²) in [7, 11) is 0. The Morgan fingerprint density at radius 2 is 2.15 bits per heavy atom. The predicted molar refractivity (Wildman–Crippen MR) is 71.6 cm³/mol. The Bertz CT molecular complexity index is 494. The number of benzene rings is 1. The van der Waals surface area contributed by atoms with Crippen LogP contribution in [0.15, 0.2) is 18.2 Å². The Labute approximate surface area is 116 Å². The van der Waals surface area contributed by atoms with Crippen LogP contribution in [0.5, 0.6) is 5.75 Å². The van der Waals surface area contributed by atoms with Crippen molar-refractivity contribution in [1.29, 1.82) is 0 Å². The van der Waals surface area contributed by atoms with Crippen molar-refractivity contribution < 1.29 is 18.7 Å². The molecule has 6 nitrogen and oxygen atoms in total. The highest BCUT2D eigenvalue weighted by molar-refractivity contribution is 5.96. The van der Waals surface area contributed by atoms with Gasteiger partial charge < -0.3 is 15.8 Å². The molecule has 20 heavy (non-hydrogen) atoms. The number of hydrogen-bond acceptors (Lipinski definition) is 4. The summed E-state index contributed by atoms with van der Waals surface area (Å²) >= 11 is 0. The highest BCUT2D eigenvalue weighted by Gasteiger charge is 2.18. The van der Waals surface area contributed by atoms with Gasteiger partial charge in [0.25, 0.3) is 5.91 Å². The van der Waals surface area contributed by atoms with Crippen LogP contribution >= 0.6 is 0 Å². The van der Waals surface area contributed by atoms with Gasteiger partial charge in [0, 0.05) is 18.7 Å². The Balaban J connectivity index is 2.68. The smallest absolute Gasteiger partial charge is 0.321 e. The summed E-state index contributed by atoms with van der Waals surface area (Å²) < 4.78 is 18.4. The molecule has 1 atom stereocenters. The average molecular weight is 283 g/mol. The van der Waals surface area contributed by atoms with Crippen LogP contribution < -0.4 is 21.1 Å². The molecule has 0 spiro atoms. The van der Waals surface area contributed by atoms with Gasteiger partial charge >= 0.3 is 6.03 Å². The lowest BCUT2D eigenvalue weighted by Crippen LogP contribution is -2.45. The van der Waals surface area contributed by atoms with Gasteiger partial charge in [-0.3, -0.25) is 10.1 Å². The number of amides is 3. The molecule has 0 aliphatic rings. The first-order chi connectivity index (χ1) is 9.47. The summed E-state index contributed by atoms with van der Waals surface area (Å²) in [5.74, 6) is -0.715. The number of nitrogens with one attached hydrogen (secondary N) is 2. The highest BCUT2D eigenvalue weighted by Crippen LogP contribution is 2.20. The van der Waals surface area contributed by atoms with Crippen molar-refractivity contribution in [3.05, 3.63) is 29.6 Å². The average Bonchev–Trinajstić information content (AvgIpc) is 2.40. The number of urea groups is 1. The Hall–Kier alpha value is -2.15. The van der Waals surface area contributed by atoms with E-state index >= 15 is 0 Å². The molecule has 7 heteroatoms. The monoisotopic (exact) mass is 283 g/mol. The fourth-order valence-corrected chi connectivity index (χ4v) is 1.48. The first kappa shape index (κ1) is 15.9. The molecule has 0 saturated carbocycles. The third kappa shape index (κ3) is 4.51. The van der Waals surface area contributed by atoms with Crippen LogP contribution in [0.4, 0.5) is 9.18 Å². The zero-order valence-corrected chi connectivity index (χ0v) is 11.4. The number of carbonyl (C=O) groups is 2. The zero-order chi connectivity index (χ0) is 15.1. The molecule has 1 unspecified atom stereocenters. The fraction of sp³-hybridized carbons (Fsp3) is 0.385. The second-order valence-corrected chi connectivity index (χ2v) is 4.06. The summed E-state index contributed by atoms with van der Waals surface area (Å²) in [6.45, 7) is 3.70. The molecule has 1 aromatic rings. The van der Waals surface area contributed by atoms with E-state index in [2.05, 4.69) is 10.6 Å². The summed E-state index contributed by atoms with van der Waals surface area (Å²) in [5.41, 5.74) is 5.93. The molecular weight excluding hydrogens is 265 g/mol. The van der Waals surface area contributed by atoms with Gasteiger partial charge in [0.15, 0.2) is 6.10 Å². The van der Waals surface area contributed by atoms with E-state index in [1.807, 2.05) is 0 Å². The second kappa shape index (κ2) is 7.44. The van der Waals surface area contributed by atoms with Gasteiger partial charge in [-0.2, -0.15) is 0 Å². The Morgan fingerprint density at radius 3 is 2.75 bits per heavy atom. The SMILES string of the molecule is CCNC(=O)NC(=O)C(C)Oc1ccc(F)cc1CN. The first-order valence-corrected chi connectivity index (χ1v) is 6.21. The van der Waals surface area contributed by atoms with E-state index in [9.17, 15) is 14.0 Å². The van der Waals surface area contributed by atoms with Crippen LogP contribution in [0.25, 0.3) is 0 Å². The molecule has 4 N–H and O–H groups in total. The van der Waals surface area contributed by atoms with Crippen molar-refractivity contribution in [2.24, 2.45) is 5.73 Å². The van der Waals surface area contributed by atoms with E-state index in [-0.39, 0.29) is 6.54 Å². The summed E-state index contributed by atoms with van der Waals surface area (Å²) in [6.07, 6.45) is -0.909. The van der Waals surface area contributed by atoms with E-state index in [0.29, 0.717) is 17.9 Å². The van der Waals surface area contributed by atoms with Crippen LogP contribution in [-0.2, 0) is 11.3 Å². The van der Waals surface area contributed by atoms with Gasteiger partial charge in [-0.05, 0) is 32.0 Å². The molecule has 0 bridgehead atoms.